The molecule has 0 aliphatic rings. The number of halogens is 1. The molecule has 0 aliphatic heterocycles. The Kier molecular flexibility index (Phi) is 6.28. The van der Waals surface area contributed by atoms with Gasteiger partial charge < -0.3 is 5.32 Å². The summed E-state index contributed by atoms with van der Waals surface area (Å²) in [7, 11) is -3.81. The number of hydrogen-bond donors (Lipinski definition) is 2. The Bertz CT molecular complexity index is 837. The highest BCUT2D eigenvalue weighted by atomic mass is 35.5. The molecule has 0 aliphatic carbocycles. The number of nitrogens with one attached hydrogen (secondary N) is 1. The zero-order valence-electron chi connectivity index (χ0n) is 13.0. The minimum absolute atomic E-state index is 0.0100. The average Bonchev–Trinajstić information content (AvgIpc) is 2.50. The van der Waals surface area contributed by atoms with E-state index in [1.807, 2.05) is 12.1 Å². The van der Waals surface area contributed by atoms with Gasteiger partial charge in [-0.25, -0.2) is 13.6 Å². The van der Waals surface area contributed by atoms with Crippen molar-refractivity contribution in [2.24, 2.45) is 5.14 Å². The Morgan fingerprint density at radius 3 is 2.50 bits per heavy atom. The Morgan fingerprint density at radius 1 is 1.21 bits per heavy atom. The van der Waals surface area contributed by atoms with Crippen molar-refractivity contribution in [3.05, 3.63) is 53.1 Å². The van der Waals surface area contributed by atoms with Gasteiger partial charge in [0.2, 0.25) is 15.9 Å². The number of benzene rings is 2. The fourth-order valence-corrected chi connectivity index (χ4v) is 3.79. The van der Waals surface area contributed by atoms with E-state index in [1.54, 1.807) is 43.0 Å². The van der Waals surface area contributed by atoms with Crippen LogP contribution in [0.15, 0.2) is 52.3 Å². The highest BCUT2D eigenvalue weighted by Crippen LogP contribution is 2.22. The summed E-state index contributed by atoms with van der Waals surface area (Å²) in [4.78, 5) is 13.0. The molecule has 0 saturated heterocycles. The van der Waals surface area contributed by atoms with Crippen LogP contribution < -0.4 is 10.5 Å². The monoisotopic (exact) mass is 384 g/mol. The molecule has 0 unspecified atom stereocenters. The third kappa shape index (κ3) is 5.52. The lowest BCUT2D eigenvalue weighted by atomic mass is 10.2. The maximum Gasteiger partial charge on any atom is 0.238 e. The zero-order chi connectivity index (χ0) is 17.7. The van der Waals surface area contributed by atoms with Crippen LogP contribution in [0, 0.1) is 6.92 Å². The van der Waals surface area contributed by atoms with Crippen LogP contribution >= 0.6 is 23.4 Å². The van der Waals surface area contributed by atoms with Gasteiger partial charge in [-0.05, 0) is 48.9 Å². The summed E-state index contributed by atoms with van der Waals surface area (Å²) in [5, 5.41) is 8.51. The molecule has 0 heterocycles. The second-order valence-electron chi connectivity index (χ2n) is 5.13. The van der Waals surface area contributed by atoms with Crippen LogP contribution in [0.1, 0.15) is 12.0 Å². The van der Waals surface area contributed by atoms with Gasteiger partial charge in [-0.15, -0.1) is 11.8 Å². The van der Waals surface area contributed by atoms with Crippen LogP contribution in [0.5, 0.6) is 0 Å². The van der Waals surface area contributed by atoms with E-state index in [-0.39, 0.29) is 10.8 Å². The molecule has 0 radical (unpaired) electrons. The molecule has 0 bridgehead atoms. The van der Waals surface area contributed by atoms with Crippen molar-refractivity contribution in [3.63, 3.8) is 0 Å². The number of carbonyl (C=O) groups excluding carboxylic acids is 1. The number of carbonyl (C=O) groups is 1. The Morgan fingerprint density at radius 2 is 1.88 bits per heavy atom. The number of amides is 1. The number of nitrogens with two attached hydrogens (primary N) is 1. The number of hydrogen-bond acceptors (Lipinski definition) is 4. The van der Waals surface area contributed by atoms with Crippen molar-refractivity contribution < 1.29 is 13.2 Å². The number of thioether (sulfide) groups is 1. The largest absolute Gasteiger partial charge is 0.326 e. The van der Waals surface area contributed by atoms with Crippen molar-refractivity contribution in [1.82, 2.24) is 0 Å². The molecular weight excluding hydrogens is 368 g/mol. The van der Waals surface area contributed by atoms with Crippen molar-refractivity contribution in [1.29, 1.82) is 0 Å². The molecule has 24 heavy (non-hydrogen) atoms. The van der Waals surface area contributed by atoms with Crippen molar-refractivity contribution in [2.75, 3.05) is 11.1 Å². The van der Waals surface area contributed by atoms with Gasteiger partial charge in [0.05, 0.1) is 4.90 Å². The number of sulfonamides is 1. The summed E-state index contributed by atoms with van der Waals surface area (Å²) in [6.07, 6.45) is 0.297. The van der Waals surface area contributed by atoms with E-state index in [0.717, 1.165) is 4.90 Å². The summed E-state index contributed by atoms with van der Waals surface area (Å²) in [6, 6.07) is 12.0. The molecule has 128 valence electrons. The number of anilines is 1. The Balaban J connectivity index is 1.92. The quantitative estimate of drug-likeness (QED) is 0.747. The average molecular weight is 385 g/mol. The third-order valence-electron chi connectivity index (χ3n) is 3.19. The van der Waals surface area contributed by atoms with E-state index in [0.29, 0.717) is 28.4 Å². The molecule has 0 fully saturated rings. The smallest absolute Gasteiger partial charge is 0.238 e. The SMILES string of the molecule is Cc1ccc(NC(=O)CCSc2ccc(Cl)cc2)cc1S(N)(=O)=O. The first kappa shape index (κ1) is 18.8. The van der Waals surface area contributed by atoms with Gasteiger partial charge in [-0.2, -0.15) is 0 Å². The molecule has 1 amide bonds. The fourth-order valence-electron chi connectivity index (χ4n) is 2.00. The van der Waals surface area contributed by atoms with E-state index in [9.17, 15) is 13.2 Å². The number of rotatable bonds is 6. The van der Waals surface area contributed by atoms with Crippen LogP contribution in [-0.4, -0.2) is 20.1 Å². The minimum atomic E-state index is -3.81. The van der Waals surface area contributed by atoms with E-state index in [1.165, 1.54) is 6.07 Å². The molecule has 0 saturated carbocycles. The molecule has 5 nitrogen and oxygen atoms in total. The second kappa shape index (κ2) is 8.02. The van der Waals surface area contributed by atoms with E-state index in [4.69, 9.17) is 16.7 Å². The molecular formula is C16H17ClN2O3S2. The third-order valence-corrected chi connectivity index (χ3v) is 5.51. The predicted octanol–water partition coefficient (Wildman–Crippen LogP) is 3.42. The van der Waals surface area contributed by atoms with Gasteiger partial charge in [-0.3, -0.25) is 4.79 Å². The summed E-state index contributed by atoms with van der Waals surface area (Å²) >= 11 is 7.36. The van der Waals surface area contributed by atoms with Gasteiger partial charge in [0.15, 0.2) is 0 Å². The van der Waals surface area contributed by atoms with Gasteiger partial charge in [0.1, 0.15) is 0 Å². The zero-order valence-corrected chi connectivity index (χ0v) is 15.3. The van der Waals surface area contributed by atoms with Gasteiger partial charge >= 0.3 is 0 Å². The van der Waals surface area contributed by atoms with Crippen LogP contribution in [0.4, 0.5) is 5.69 Å². The van der Waals surface area contributed by atoms with Gasteiger partial charge in [-0.1, -0.05) is 17.7 Å². The standard InChI is InChI=1S/C16H17ClN2O3S2/c1-11-2-5-13(10-15(11)24(18,21)22)19-16(20)8-9-23-14-6-3-12(17)4-7-14/h2-7,10H,8-9H2,1H3,(H,19,20)(H2,18,21,22). The van der Waals surface area contributed by atoms with Gasteiger partial charge in [0, 0.05) is 27.8 Å². The van der Waals surface area contributed by atoms with Crippen LogP contribution in [0.3, 0.4) is 0 Å². The first-order valence-electron chi connectivity index (χ1n) is 7.07. The van der Waals surface area contributed by atoms with E-state index >= 15 is 0 Å². The normalized spacial score (nSPS) is 11.3. The van der Waals surface area contributed by atoms with Crippen molar-refractivity contribution in [3.8, 4) is 0 Å². The second-order valence-corrected chi connectivity index (χ2v) is 8.26. The minimum Gasteiger partial charge on any atom is -0.326 e. The highest BCUT2D eigenvalue weighted by molar-refractivity contribution is 7.99. The highest BCUT2D eigenvalue weighted by Gasteiger charge is 2.13. The van der Waals surface area contributed by atoms with Crippen molar-refractivity contribution >= 4 is 45.0 Å². The molecule has 0 atom stereocenters. The Labute approximate surface area is 150 Å². The predicted molar refractivity (Wildman–Crippen MR) is 98.0 cm³/mol. The topological polar surface area (TPSA) is 89.3 Å². The van der Waals surface area contributed by atoms with Crippen molar-refractivity contribution in [2.45, 2.75) is 23.1 Å². The first-order chi connectivity index (χ1) is 11.3. The fraction of sp³-hybridized carbons (Fsp3) is 0.188. The summed E-state index contributed by atoms with van der Waals surface area (Å²) in [5.74, 6) is 0.405. The lowest BCUT2D eigenvalue weighted by Gasteiger charge is -2.09. The molecule has 2 aromatic carbocycles. The van der Waals surface area contributed by atoms with Crippen LogP contribution in [0.2, 0.25) is 5.02 Å². The molecule has 2 aromatic rings. The first-order valence-corrected chi connectivity index (χ1v) is 9.98. The van der Waals surface area contributed by atoms with E-state index in [2.05, 4.69) is 5.32 Å². The Hall–Kier alpha value is -1.54. The maximum atomic E-state index is 12.0. The molecule has 8 heteroatoms. The maximum absolute atomic E-state index is 12.0. The number of aryl methyl sites for hydroxylation is 1. The molecule has 0 spiro atoms. The molecule has 0 aromatic heterocycles. The molecule has 3 N–H and O–H groups in total. The lowest BCUT2D eigenvalue weighted by Crippen LogP contribution is -2.16. The number of primary sulfonamides is 1. The summed E-state index contributed by atoms with van der Waals surface area (Å²) in [6.45, 7) is 1.65. The lowest BCUT2D eigenvalue weighted by molar-refractivity contribution is -0.115. The summed E-state index contributed by atoms with van der Waals surface area (Å²) < 4.78 is 23.0. The van der Waals surface area contributed by atoms with Crippen LogP contribution in [0.25, 0.3) is 0 Å². The van der Waals surface area contributed by atoms with Crippen LogP contribution in [-0.2, 0) is 14.8 Å². The van der Waals surface area contributed by atoms with E-state index < -0.39 is 10.0 Å². The molecule has 2 rings (SSSR count). The van der Waals surface area contributed by atoms with Gasteiger partial charge in [0.25, 0.3) is 0 Å². The summed E-state index contributed by atoms with van der Waals surface area (Å²) in [5.41, 5.74) is 0.944.